The van der Waals surface area contributed by atoms with Crippen LogP contribution in [0.2, 0.25) is 0 Å². The molecule has 0 radical (unpaired) electrons. The largest absolute Gasteiger partial charge is 0.352 e. The zero-order chi connectivity index (χ0) is 8.10. The molecule has 1 aliphatic rings. The molecule has 1 atom stereocenters. The van der Waals surface area contributed by atoms with Gasteiger partial charge in [-0.25, -0.2) is 0 Å². The highest BCUT2D eigenvalue weighted by Crippen LogP contribution is 2.17. The predicted molar refractivity (Wildman–Crippen MR) is 44.4 cm³/mol. The third kappa shape index (κ3) is 3.04. The molecule has 1 aliphatic heterocycles. The molecule has 2 heteroatoms. The lowest BCUT2D eigenvalue weighted by Crippen LogP contribution is -2.10. The van der Waals surface area contributed by atoms with Crippen molar-refractivity contribution in [2.75, 3.05) is 13.2 Å². The molecule has 64 valence electrons. The normalized spacial score (nSPS) is 24.5. The number of hydrogen-bond donors (Lipinski definition) is 0. The molecular formula is C9H16O2. The number of ether oxygens (including phenoxy) is 2. The van der Waals surface area contributed by atoms with Crippen molar-refractivity contribution in [1.82, 2.24) is 0 Å². The van der Waals surface area contributed by atoms with E-state index in [-0.39, 0.29) is 6.29 Å². The zero-order valence-corrected chi connectivity index (χ0v) is 7.14. The van der Waals surface area contributed by atoms with E-state index in [2.05, 4.69) is 13.5 Å². The van der Waals surface area contributed by atoms with Crippen LogP contribution in [-0.4, -0.2) is 19.5 Å². The number of rotatable bonds is 4. The van der Waals surface area contributed by atoms with Crippen LogP contribution in [0.5, 0.6) is 0 Å². The summed E-state index contributed by atoms with van der Waals surface area (Å²) >= 11 is 0. The van der Waals surface area contributed by atoms with E-state index in [0.29, 0.717) is 6.61 Å². The number of hydrogen-bond acceptors (Lipinski definition) is 2. The summed E-state index contributed by atoms with van der Waals surface area (Å²) in [6.07, 6.45) is 3.16. The first-order chi connectivity index (χ1) is 5.33. The minimum Gasteiger partial charge on any atom is -0.352 e. The maximum Gasteiger partial charge on any atom is 0.161 e. The SMILES string of the molecule is C=C1COC(OCCCC)C1. The van der Waals surface area contributed by atoms with Gasteiger partial charge in [0.1, 0.15) is 0 Å². The van der Waals surface area contributed by atoms with Gasteiger partial charge in [0.2, 0.25) is 0 Å². The van der Waals surface area contributed by atoms with Gasteiger partial charge in [-0.2, -0.15) is 0 Å². The summed E-state index contributed by atoms with van der Waals surface area (Å²) in [6.45, 7) is 7.47. The number of unbranched alkanes of at least 4 members (excludes halogenated alkanes) is 1. The Morgan fingerprint density at radius 3 is 3.09 bits per heavy atom. The highest BCUT2D eigenvalue weighted by Gasteiger charge is 2.18. The van der Waals surface area contributed by atoms with Gasteiger partial charge < -0.3 is 9.47 Å². The first kappa shape index (κ1) is 8.75. The van der Waals surface area contributed by atoms with Gasteiger partial charge in [-0.05, 0) is 12.0 Å². The van der Waals surface area contributed by atoms with E-state index < -0.39 is 0 Å². The predicted octanol–water partition coefficient (Wildman–Crippen LogP) is 2.11. The second kappa shape index (κ2) is 4.52. The summed E-state index contributed by atoms with van der Waals surface area (Å²) in [5.41, 5.74) is 1.14. The second-order valence-corrected chi connectivity index (χ2v) is 2.92. The van der Waals surface area contributed by atoms with Crippen LogP contribution in [0.1, 0.15) is 26.2 Å². The molecule has 1 heterocycles. The lowest BCUT2D eigenvalue weighted by Gasteiger charge is -2.08. The van der Waals surface area contributed by atoms with Crippen molar-refractivity contribution in [2.45, 2.75) is 32.5 Å². The van der Waals surface area contributed by atoms with E-state index in [9.17, 15) is 0 Å². The van der Waals surface area contributed by atoms with Gasteiger partial charge in [0, 0.05) is 13.0 Å². The zero-order valence-electron chi connectivity index (χ0n) is 7.14. The van der Waals surface area contributed by atoms with Crippen LogP contribution in [0.15, 0.2) is 12.2 Å². The maximum absolute atomic E-state index is 5.43. The first-order valence-electron chi connectivity index (χ1n) is 4.22. The van der Waals surface area contributed by atoms with Crippen LogP contribution in [0.4, 0.5) is 0 Å². The fraction of sp³-hybridized carbons (Fsp3) is 0.778. The molecule has 1 rings (SSSR count). The molecule has 0 saturated carbocycles. The van der Waals surface area contributed by atoms with Gasteiger partial charge in [-0.15, -0.1) is 0 Å². The monoisotopic (exact) mass is 156 g/mol. The van der Waals surface area contributed by atoms with Crippen molar-refractivity contribution in [3.8, 4) is 0 Å². The topological polar surface area (TPSA) is 18.5 Å². The van der Waals surface area contributed by atoms with E-state index in [1.807, 2.05) is 0 Å². The van der Waals surface area contributed by atoms with E-state index in [1.165, 1.54) is 6.42 Å². The van der Waals surface area contributed by atoms with Crippen molar-refractivity contribution in [1.29, 1.82) is 0 Å². The third-order valence-electron chi connectivity index (χ3n) is 1.73. The fourth-order valence-corrected chi connectivity index (χ4v) is 1.03. The van der Waals surface area contributed by atoms with E-state index in [0.717, 1.165) is 25.0 Å². The van der Waals surface area contributed by atoms with Crippen molar-refractivity contribution >= 4 is 0 Å². The van der Waals surface area contributed by atoms with E-state index in [1.54, 1.807) is 0 Å². The smallest absolute Gasteiger partial charge is 0.161 e. The van der Waals surface area contributed by atoms with Gasteiger partial charge in [0.15, 0.2) is 6.29 Å². The molecule has 1 saturated heterocycles. The Hall–Kier alpha value is -0.340. The van der Waals surface area contributed by atoms with Crippen molar-refractivity contribution < 1.29 is 9.47 Å². The van der Waals surface area contributed by atoms with Crippen molar-refractivity contribution in [3.63, 3.8) is 0 Å². The Bertz CT molecular complexity index is 132. The summed E-state index contributed by atoms with van der Waals surface area (Å²) < 4.78 is 10.7. The molecule has 0 aliphatic carbocycles. The van der Waals surface area contributed by atoms with Crippen LogP contribution >= 0.6 is 0 Å². The molecule has 0 amide bonds. The quantitative estimate of drug-likeness (QED) is 0.458. The first-order valence-corrected chi connectivity index (χ1v) is 4.22. The highest BCUT2D eigenvalue weighted by molar-refractivity contribution is 4.99. The molecule has 0 aromatic rings. The van der Waals surface area contributed by atoms with Crippen LogP contribution in [0.3, 0.4) is 0 Å². The Labute approximate surface area is 68.2 Å². The summed E-state index contributed by atoms with van der Waals surface area (Å²) in [6, 6.07) is 0. The Morgan fingerprint density at radius 2 is 2.55 bits per heavy atom. The average Bonchev–Trinajstić information content (AvgIpc) is 2.37. The molecule has 0 bridgehead atoms. The average molecular weight is 156 g/mol. The lowest BCUT2D eigenvalue weighted by molar-refractivity contribution is -0.111. The fourth-order valence-electron chi connectivity index (χ4n) is 1.03. The highest BCUT2D eigenvalue weighted by atomic mass is 16.7. The van der Waals surface area contributed by atoms with Gasteiger partial charge in [0.05, 0.1) is 6.61 Å². The standard InChI is InChI=1S/C9H16O2/c1-3-4-5-10-9-6-8(2)7-11-9/h9H,2-7H2,1H3. The third-order valence-corrected chi connectivity index (χ3v) is 1.73. The Morgan fingerprint density at radius 1 is 1.73 bits per heavy atom. The van der Waals surface area contributed by atoms with Gasteiger partial charge in [-0.1, -0.05) is 19.9 Å². The molecular weight excluding hydrogens is 140 g/mol. The van der Waals surface area contributed by atoms with Crippen LogP contribution < -0.4 is 0 Å². The molecule has 1 fully saturated rings. The van der Waals surface area contributed by atoms with Crippen molar-refractivity contribution in [2.24, 2.45) is 0 Å². The molecule has 0 aromatic carbocycles. The second-order valence-electron chi connectivity index (χ2n) is 2.92. The summed E-state index contributed by atoms with van der Waals surface area (Å²) in [5.74, 6) is 0. The summed E-state index contributed by atoms with van der Waals surface area (Å²) in [7, 11) is 0. The Balaban J connectivity index is 2.04. The molecule has 0 aromatic heterocycles. The molecule has 1 unspecified atom stereocenters. The molecule has 11 heavy (non-hydrogen) atoms. The van der Waals surface area contributed by atoms with Crippen molar-refractivity contribution in [3.05, 3.63) is 12.2 Å². The van der Waals surface area contributed by atoms with Crippen LogP contribution in [0.25, 0.3) is 0 Å². The van der Waals surface area contributed by atoms with Gasteiger partial charge in [0.25, 0.3) is 0 Å². The summed E-state index contributed by atoms with van der Waals surface area (Å²) in [5, 5.41) is 0. The molecule has 0 N–H and O–H groups in total. The molecule has 2 nitrogen and oxygen atoms in total. The summed E-state index contributed by atoms with van der Waals surface area (Å²) in [4.78, 5) is 0. The van der Waals surface area contributed by atoms with Gasteiger partial charge >= 0.3 is 0 Å². The maximum atomic E-state index is 5.43. The lowest BCUT2D eigenvalue weighted by atomic mass is 10.3. The minimum atomic E-state index is -0.00551. The van der Waals surface area contributed by atoms with Gasteiger partial charge in [-0.3, -0.25) is 0 Å². The molecule has 0 spiro atoms. The van der Waals surface area contributed by atoms with Crippen LogP contribution in [0, 0.1) is 0 Å². The van der Waals surface area contributed by atoms with E-state index in [4.69, 9.17) is 9.47 Å². The van der Waals surface area contributed by atoms with E-state index >= 15 is 0 Å². The van der Waals surface area contributed by atoms with Crippen LogP contribution in [-0.2, 0) is 9.47 Å². The Kier molecular flexibility index (Phi) is 3.60. The minimum absolute atomic E-state index is 0.00551.